The minimum atomic E-state index is -0.985. The first kappa shape index (κ1) is 9.98. The van der Waals surface area contributed by atoms with Crippen molar-refractivity contribution in [2.24, 2.45) is 0 Å². The van der Waals surface area contributed by atoms with Crippen LogP contribution < -0.4 is 4.74 Å². The van der Waals surface area contributed by atoms with Crippen molar-refractivity contribution >= 4 is 17.3 Å². The molecule has 5 heteroatoms. The lowest BCUT2D eigenvalue weighted by Gasteiger charge is -2.06. The third-order valence-electron chi connectivity index (χ3n) is 1.24. The van der Waals surface area contributed by atoms with Crippen LogP contribution in [0.2, 0.25) is 0 Å². The van der Waals surface area contributed by atoms with Gasteiger partial charge in [0.15, 0.2) is 4.88 Å². The number of nitrogens with zero attached hydrogens (tertiary/aromatic N) is 1. The van der Waals surface area contributed by atoms with Crippen molar-refractivity contribution in [3.63, 3.8) is 0 Å². The first-order chi connectivity index (χ1) is 6.00. The molecule has 1 rings (SSSR count). The van der Waals surface area contributed by atoms with Crippen molar-refractivity contribution in [1.82, 2.24) is 4.98 Å². The van der Waals surface area contributed by atoms with Crippen LogP contribution in [0.3, 0.4) is 0 Å². The summed E-state index contributed by atoms with van der Waals surface area (Å²) in [6, 6.07) is 0. The van der Waals surface area contributed by atoms with E-state index in [1.807, 2.05) is 13.8 Å². The lowest BCUT2D eigenvalue weighted by molar-refractivity contribution is 0.0695. The second-order valence-electron chi connectivity index (χ2n) is 2.84. The first-order valence-corrected chi connectivity index (χ1v) is 4.69. The minimum absolute atomic E-state index is 0.0559. The monoisotopic (exact) mass is 201 g/mol. The molecule has 0 spiro atoms. The Kier molecular flexibility index (Phi) is 2.87. The van der Waals surface area contributed by atoms with E-state index in [-0.39, 0.29) is 16.9 Å². The van der Waals surface area contributed by atoms with E-state index < -0.39 is 5.97 Å². The molecule has 1 aromatic heterocycles. The van der Waals surface area contributed by atoms with Gasteiger partial charge in [0.25, 0.3) is 0 Å². The van der Waals surface area contributed by atoms with Crippen LogP contribution in [0.1, 0.15) is 28.5 Å². The summed E-state index contributed by atoms with van der Waals surface area (Å²) >= 11 is 1.13. The lowest BCUT2D eigenvalue weighted by atomic mass is 10.4. The Morgan fingerprint density at radius 2 is 2.23 bits per heavy atom. The number of aromatic carboxylic acids is 1. The van der Waals surface area contributed by atoms with Crippen molar-refractivity contribution in [2.45, 2.75) is 26.9 Å². The molecule has 0 amide bonds. The fraction of sp³-hybridized carbons (Fsp3) is 0.500. The standard InChI is InChI=1S/C8H11NO3S/c1-4(2)12-7-6(8(10)11)13-5(3)9-7/h4H,1-3H3,(H,10,11). The number of rotatable bonds is 3. The Hall–Kier alpha value is -1.10. The fourth-order valence-corrected chi connectivity index (χ4v) is 1.54. The van der Waals surface area contributed by atoms with Gasteiger partial charge in [0, 0.05) is 0 Å². The number of hydrogen-bond donors (Lipinski definition) is 1. The molecule has 72 valence electrons. The van der Waals surface area contributed by atoms with E-state index in [9.17, 15) is 4.79 Å². The molecule has 0 aromatic carbocycles. The molecule has 4 nitrogen and oxygen atoms in total. The summed E-state index contributed by atoms with van der Waals surface area (Å²) in [6.45, 7) is 5.42. The molecule has 13 heavy (non-hydrogen) atoms. The maximum absolute atomic E-state index is 10.7. The van der Waals surface area contributed by atoms with Gasteiger partial charge >= 0.3 is 5.97 Å². The van der Waals surface area contributed by atoms with Gasteiger partial charge in [0.2, 0.25) is 5.88 Å². The van der Waals surface area contributed by atoms with Crippen LogP contribution in [0.15, 0.2) is 0 Å². The molecule has 0 aliphatic carbocycles. The summed E-state index contributed by atoms with van der Waals surface area (Å²) in [5.41, 5.74) is 0. The van der Waals surface area contributed by atoms with E-state index in [0.717, 1.165) is 11.3 Å². The van der Waals surface area contributed by atoms with Crippen molar-refractivity contribution in [3.05, 3.63) is 9.88 Å². The Labute approximate surface area is 80.2 Å². The van der Waals surface area contributed by atoms with Gasteiger partial charge in [-0.3, -0.25) is 0 Å². The SMILES string of the molecule is Cc1nc(OC(C)C)c(C(=O)O)s1. The summed E-state index contributed by atoms with van der Waals surface area (Å²) < 4.78 is 5.25. The summed E-state index contributed by atoms with van der Waals surface area (Å²) in [6.07, 6.45) is -0.0559. The van der Waals surface area contributed by atoms with Gasteiger partial charge in [-0.2, -0.15) is 0 Å². The molecular formula is C8H11NO3S. The van der Waals surface area contributed by atoms with Gasteiger partial charge in [-0.15, -0.1) is 11.3 Å². The van der Waals surface area contributed by atoms with E-state index >= 15 is 0 Å². The van der Waals surface area contributed by atoms with Gasteiger partial charge in [0.05, 0.1) is 11.1 Å². The normalized spacial score (nSPS) is 10.5. The maximum atomic E-state index is 10.7. The zero-order valence-electron chi connectivity index (χ0n) is 7.70. The quantitative estimate of drug-likeness (QED) is 0.811. The highest BCUT2D eigenvalue weighted by atomic mass is 32.1. The van der Waals surface area contributed by atoms with E-state index in [1.54, 1.807) is 6.92 Å². The number of hydrogen-bond acceptors (Lipinski definition) is 4. The fourth-order valence-electron chi connectivity index (χ4n) is 0.846. The van der Waals surface area contributed by atoms with Crippen molar-refractivity contribution in [2.75, 3.05) is 0 Å². The van der Waals surface area contributed by atoms with Gasteiger partial charge in [-0.1, -0.05) is 0 Å². The summed E-state index contributed by atoms with van der Waals surface area (Å²) in [5, 5.41) is 9.48. The van der Waals surface area contributed by atoms with Crippen LogP contribution in [0.5, 0.6) is 5.88 Å². The lowest BCUT2D eigenvalue weighted by Crippen LogP contribution is -2.08. The molecule has 0 fully saturated rings. The number of ether oxygens (including phenoxy) is 1. The molecule has 1 aromatic rings. The Morgan fingerprint density at radius 1 is 1.62 bits per heavy atom. The number of aromatic nitrogens is 1. The maximum Gasteiger partial charge on any atom is 0.351 e. The van der Waals surface area contributed by atoms with Crippen LogP contribution >= 0.6 is 11.3 Å². The Bertz CT molecular complexity index is 319. The highest BCUT2D eigenvalue weighted by Gasteiger charge is 2.17. The van der Waals surface area contributed by atoms with Gasteiger partial charge in [0.1, 0.15) is 0 Å². The van der Waals surface area contributed by atoms with E-state index in [4.69, 9.17) is 9.84 Å². The summed E-state index contributed by atoms with van der Waals surface area (Å²) in [5.74, 6) is -0.758. The van der Waals surface area contributed by atoms with Gasteiger partial charge in [-0.25, -0.2) is 9.78 Å². The predicted octanol–water partition coefficient (Wildman–Crippen LogP) is 1.94. The molecule has 0 bridgehead atoms. The topological polar surface area (TPSA) is 59.4 Å². The predicted molar refractivity (Wildman–Crippen MR) is 49.6 cm³/mol. The molecule has 1 N–H and O–H groups in total. The van der Waals surface area contributed by atoms with Crippen LogP contribution in [0, 0.1) is 6.92 Å². The number of carboxylic acids is 1. The molecule has 0 atom stereocenters. The molecular weight excluding hydrogens is 190 g/mol. The third-order valence-corrected chi connectivity index (χ3v) is 2.18. The minimum Gasteiger partial charge on any atom is -0.477 e. The largest absolute Gasteiger partial charge is 0.477 e. The first-order valence-electron chi connectivity index (χ1n) is 3.88. The van der Waals surface area contributed by atoms with Crippen molar-refractivity contribution in [1.29, 1.82) is 0 Å². The third kappa shape index (κ3) is 2.42. The molecule has 1 heterocycles. The number of carboxylic acid groups (broad SMARTS) is 1. The number of thiazole rings is 1. The summed E-state index contributed by atoms with van der Waals surface area (Å²) in [4.78, 5) is 14.9. The number of aryl methyl sites for hydroxylation is 1. The molecule has 0 unspecified atom stereocenters. The van der Waals surface area contributed by atoms with Crippen molar-refractivity contribution in [3.8, 4) is 5.88 Å². The Morgan fingerprint density at radius 3 is 2.69 bits per heavy atom. The zero-order valence-corrected chi connectivity index (χ0v) is 8.51. The van der Waals surface area contributed by atoms with Crippen LogP contribution in [0.4, 0.5) is 0 Å². The van der Waals surface area contributed by atoms with E-state index in [1.165, 1.54) is 0 Å². The van der Waals surface area contributed by atoms with E-state index in [0.29, 0.717) is 5.01 Å². The van der Waals surface area contributed by atoms with Crippen LogP contribution in [-0.2, 0) is 0 Å². The zero-order chi connectivity index (χ0) is 10.0. The highest BCUT2D eigenvalue weighted by Crippen LogP contribution is 2.25. The van der Waals surface area contributed by atoms with Crippen LogP contribution in [-0.4, -0.2) is 22.2 Å². The molecule has 0 saturated heterocycles. The van der Waals surface area contributed by atoms with Gasteiger partial charge < -0.3 is 9.84 Å². The molecule has 0 saturated carbocycles. The average Bonchev–Trinajstić information content (AvgIpc) is 2.29. The van der Waals surface area contributed by atoms with Gasteiger partial charge in [-0.05, 0) is 20.8 Å². The number of carbonyl (C=O) groups is 1. The Balaban J connectivity index is 2.97. The average molecular weight is 201 g/mol. The highest BCUT2D eigenvalue weighted by molar-refractivity contribution is 7.13. The van der Waals surface area contributed by atoms with E-state index in [2.05, 4.69) is 4.98 Å². The molecule has 0 aliphatic rings. The van der Waals surface area contributed by atoms with Crippen molar-refractivity contribution < 1.29 is 14.6 Å². The summed E-state index contributed by atoms with van der Waals surface area (Å²) in [7, 11) is 0. The second kappa shape index (κ2) is 3.74. The second-order valence-corrected chi connectivity index (χ2v) is 4.04. The molecule has 0 aliphatic heterocycles. The molecule has 0 radical (unpaired) electrons. The smallest absolute Gasteiger partial charge is 0.351 e. The van der Waals surface area contributed by atoms with Crippen LogP contribution in [0.25, 0.3) is 0 Å².